The highest BCUT2D eigenvalue weighted by atomic mass is 16.5. The molecule has 0 aliphatic rings. The zero-order valence-corrected chi connectivity index (χ0v) is 15.2. The molecule has 0 spiro atoms. The first-order valence-electron chi connectivity index (χ1n) is 8.26. The van der Waals surface area contributed by atoms with E-state index in [0.717, 1.165) is 22.6 Å². The number of hydrogen-bond acceptors (Lipinski definition) is 5. The first-order valence-corrected chi connectivity index (χ1v) is 8.26. The Bertz CT molecular complexity index is 983. The highest BCUT2D eigenvalue weighted by Gasteiger charge is 2.11. The monoisotopic (exact) mass is 365 g/mol. The molecule has 0 radical (unpaired) electrons. The molecule has 2 aromatic heterocycles. The molecule has 0 saturated carbocycles. The van der Waals surface area contributed by atoms with Crippen molar-refractivity contribution in [2.24, 2.45) is 5.10 Å². The van der Waals surface area contributed by atoms with E-state index in [-0.39, 0.29) is 11.7 Å². The van der Waals surface area contributed by atoms with Crippen LogP contribution in [0.3, 0.4) is 0 Å². The average molecular weight is 365 g/mol. The number of aromatic nitrogens is 1. The summed E-state index contributed by atoms with van der Waals surface area (Å²) in [5, 5.41) is 4.00. The van der Waals surface area contributed by atoms with Crippen molar-refractivity contribution in [2.45, 2.75) is 13.8 Å². The molecule has 138 valence electrons. The van der Waals surface area contributed by atoms with Gasteiger partial charge in [-0.05, 0) is 56.3 Å². The second kappa shape index (κ2) is 7.74. The summed E-state index contributed by atoms with van der Waals surface area (Å²) < 4.78 is 11.8. The lowest BCUT2D eigenvalue weighted by molar-refractivity contribution is 0.0600. The number of nitrogens with one attached hydrogen (secondary N) is 1. The molecule has 1 amide bonds. The molecular formula is C20H19N3O4. The highest BCUT2D eigenvalue weighted by Crippen LogP contribution is 2.20. The van der Waals surface area contributed by atoms with Gasteiger partial charge >= 0.3 is 11.9 Å². The first kappa shape index (κ1) is 18.2. The van der Waals surface area contributed by atoms with Gasteiger partial charge in [0.15, 0.2) is 5.76 Å². The largest absolute Gasteiger partial charge is 0.465 e. The van der Waals surface area contributed by atoms with Gasteiger partial charge in [0.1, 0.15) is 0 Å². The lowest BCUT2D eigenvalue weighted by atomic mass is 10.2. The first-order chi connectivity index (χ1) is 13.0. The van der Waals surface area contributed by atoms with Gasteiger partial charge in [-0.25, -0.2) is 10.2 Å². The fourth-order valence-corrected chi connectivity index (χ4v) is 2.80. The predicted molar refractivity (Wildman–Crippen MR) is 100 cm³/mol. The van der Waals surface area contributed by atoms with Crippen LogP contribution in [0.5, 0.6) is 0 Å². The second-order valence-corrected chi connectivity index (χ2v) is 5.88. The number of ether oxygens (including phenoxy) is 1. The fraction of sp³-hybridized carbons (Fsp3) is 0.150. The molecule has 0 unspecified atom stereocenters. The predicted octanol–water partition coefficient (Wildman–Crippen LogP) is 3.24. The summed E-state index contributed by atoms with van der Waals surface area (Å²) in [5.74, 6) is -0.589. The molecule has 7 heteroatoms. The summed E-state index contributed by atoms with van der Waals surface area (Å²) in [7, 11) is 1.35. The molecule has 0 bridgehead atoms. The SMILES string of the molecule is COC(=O)c1ccc(-n2c(C)cc(/C=N\NC(=O)c3ccco3)c2C)cc1. The van der Waals surface area contributed by atoms with E-state index in [0.29, 0.717) is 5.56 Å². The van der Waals surface area contributed by atoms with Crippen molar-refractivity contribution < 1.29 is 18.7 Å². The molecular weight excluding hydrogens is 346 g/mol. The van der Waals surface area contributed by atoms with E-state index in [4.69, 9.17) is 9.15 Å². The minimum Gasteiger partial charge on any atom is -0.465 e. The van der Waals surface area contributed by atoms with Crippen LogP contribution in [-0.4, -0.2) is 29.8 Å². The van der Waals surface area contributed by atoms with E-state index >= 15 is 0 Å². The molecule has 7 nitrogen and oxygen atoms in total. The standard InChI is InChI=1S/C20H19N3O4/c1-13-11-16(12-21-22-19(24)18-5-4-10-27-18)14(2)23(13)17-8-6-15(7-9-17)20(25)26-3/h4-12H,1-3H3,(H,22,24)/b21-12-. The number of benzene rings is 1. The van der Waals surface area contributed by atoms with Gasteiger partial charge < -0.3 is 13.7 Å². The summed E-state index contributed by atoms with van der Waals surface area (Å²) in [6.07, 6.45) is 3.01. The van der Waals surface area contributed by atoms with E-state index in [9.17, 15) is 9.59 Å². The Labute approximate surface area is 156 Å². The Hall–Kier alpha value is -3.61. The van der Waals surface area contributed by atoms with E-state index in [1.54, 1.807) is 30.5 Å². The van der Waals surface area contributed by atoms with Crippen molar-refractivity contribution in [3.8, 4) is 5.69 Å². The van der Waals surface area contributed by atoms with Crippen molar-refractivity contribution >= 4 is 18.1 Å². The summed E-state index contributed by atoms with van der Waals surface area (Å²) in [6.45, 7) is 3.93. The van der Waals surface area contributed by atoms with Gasteiger partial charge in [-0.3, -0.25) is 4.79 Å². The molecule has 27 heavy (non-hydrogen) atoms. The zero-order valence-electron chi connectivity index (χ0n) is 15.2. The number of esters is 1. The molecule has 0 fully saturated rings. The second-order valence-electron chi connectivity index (χ2n) is 5.88. The minimum absolute atomic E-state index is 0.198. The van der Waals surface area contributed by atoms with Crippen LogP contribution in [0.4, 0.5) is 0 Å². The summed E-state index contributed by atoms with van der Waals surface area (Å²) >= 11 is 0. The number of rotatable bonds is 5. The molecule has 0 aliphatic carbocycles. The quantitative estimate of drug-likeness (QED) is 0.427. The number of hydrazone groups is 1. The van der Waals surface area contributed by atoms with E-state index in [2.05, 4.69) is 10.5 Å². The molecule has 3 aromatic rings. The third-order valence-electron chi connectivity index (χ3n) is 4.13. The van der Waals surface area contributed by atoms with Gasteiger partial charge in [-0.15, -0.1) is 0 Å². The summed E-state index contributed by atoms with van der Waals surface area (Å²) in [6, 6.07) is 12.3. The average Bonchev–Trinajstić information content (AvgIpc) is 3.30. The molecule has 3 rings (SSSR count). The lowest BCUT2D eigenvalue weighted by Crippen LogP contribution is -2.16. The van der Waals surface area contributed by atoms with E-state index < -0.39 is 5.91 Å². The van der Waals surface area contributed by atoms with Crippen LogP contribution in [0, 0.1) is 13.8 Å². The van der Waals surface area contributed by atoms with Crippen LogP contribution in [-0.2, 0) is 4.74 Å². The van der Waals surface area contributed by atoms with Crippen molar-refractivity contribution in [1.29, 1.82) is 0 Å². The van der Waals surface area contributed by atoms with Crippen molar-refractivity contribution in [1.82, 2.24) is 9.99 Å². The van der Waals surface area contributed by atoms with Crippen LogP contribution >= 0.6 is 0 Å². The van der Waals surface area contributed by atoms with Crippen LogP contribution < -0.4 is 5.43 Å². The maximum absolute atomic E-state index is 11.8. The number of aryl methyl sites for hydroxylation is 1. The Balaban J connectivity index is 1.79. The normalized spacial score (nSPS) is 10.9. The zero-order chi connectivity index (χ0) is 19.4. The Morgan fingerprint density at radius 1 is 1.19 bits per heavy atom. The van der Waals surface area contributed by atoms with E-state index in [1.807, 2.05) is 36.6 Å². The van der Waals surface area contributed by atoms with Crippen LogP contribution in [0.25, 0.3) is 5.69 Å². The fourth-order valence-electron chi connectivity index (χ4n) is 2.80. The van der Waals surface area contributed by atoms with Crippen LogP contribution in [0.15, 0.2) is 58.2 Å². The topological polar surface area (TPSA) is 85.8 Å². The molecule has 0 atom stereocenters. The van der Waals surface area contributed by atoms with Crippen molar-refractivity contribution in [2.75, 3.05) is 7.11 Å². The Morgan fingerprint density at radius 3 is 2.56 bits per heavy atom. The number of furan rings is 1. The summed E-state index contributed by atoms with van der Waals surface area (Å²) in [4.78, 5) is 23.4. The number of amides is 1. The van der Waals surface area contributed by atoms with Gasteiger partial charge in [-0.2, -0.15) is 5.10 Å². The van der Waals surface area contributed by atoms with Crippen molar-refractivity contribution in [3.05, 3.63) is 77.0 Å². The molecule has 2 heterocycles. The Kier molecular flexibility index (Phi) is 5.21. The number of hydrogen-bond donors (Lipinski definition) is 1. The van der Waals surface area contributed by atoms with Gasteiger partial charge in [0, 0.05) is 22.6 Å². The highest BCUT2D eigenvalue weighted by molar-refractivity contribution is 5.92. The number of carbonyl (C=O) groups excluding carboxylic acids is 2. The smallest absolute Gasteiger partial charge is 0.337 e. The van der Waals surface area contributed by atoms with Crippen LogP contribution in [0.2, 0.25) is 0 Å². The molecule has 1 N–H and O–H groups in total. The van der Waals surface area contributed by atoms with Crippen molar-refractivity contribution in [3.63, 3.8) is 0 Å². The number of carbonyl (C=O) groups is 2. The number of nitrogens with zero attached hydrogens (tertiary/aromatic N) is 2. The third kappa shape index (κ3) is 3.82. The Morgan fingerprint density at radius 2 is 1.93 bits per heavy atom. The summed E-state index contributed by atoms with van der Waals surface area (Å²) in [5.41, 5.74) is 6.65. The van der Waals surface area contributed by atoms with Gasteiger partial charge in [0.05, 0.1) is 25.2 Å². The molecule has 0 saturated heterocycles. The van der Waals surface area contributed by atoms with Gasteiger partial charge in [0.2, 0.25) is 0 Å². The lowest BCUT2D eigenvalue weighted by Gasteiger charge is -2.10. The minimum atomic E-state index is -0.413. The van der Waals surface area contributed by atoms with E-state index in [1.165, 1.54) is 13.4 Å². The maximum atomic E-state index is 11.8. The third-order valence-corrected chi connectivity index (χ3v) is 4.13. The number of methoxy groups -OCH3 is 1. The molecule has 1 aromatic carbocycles. The van der Waals surface area contributed by atoms with Gasteiger partial charge in [-0.1, -0.05) is 0 Å². The maximum Gasteiger partial charge on any atom is 0.337 e. The van der Waals surface area contributed by atoms with Crippen LogP contribution in [0.1, 0.15) is 37.9 Å². The van der Waals surface area contributed by atoms with Gasteiger partial charge in [0.25, 0.3) is 0 Å². The molecule has 0 aliphatic heterocycles.